The van der Waals surface area contributed by atoms with Crippen LogP contribution >= 0.6 is 23.8 Å². The number of thiocarbonyl (C=S) groups is 1. The first-order valence-corrected chi connectivity index (χ1v) is 10.4. The van der Waals surface area contributed by atoms with Crippen LogP contribution in [0.15, 0.2) is 84.9 Å². The van der Waals surface area contributed by atoms with Crippen LogP contribution in [0, 0.1) is 0 Å². The van der Waals surface area contributed by atoms with E-state index in [2.05, 4.69) is 16.2 Å². The van der Waals surface area contributed by atoms with Gasteiger partial charge in [0.15, 0.2) is 5.11 Å². The van der Waals surface area contributed by atoms with Crippen LogP contribution in [0.1, 0.15) is 21.5 Å². The van der Waals surface area contributed by atoms with Gasteiger partial charge >= 0.3 is 0 Å². The van der Waals surface area contributed by atoms with Crippen molar-refractivity contribution in [3.8, 4) is 5.75 Å². The zero-order valence-electron chi connectivity index (χ0n) is 16.9. The molecule has 8 heteroatoms. The minimum Gasteiger partial charge on any atom is -0.489 e. The van der Waals surface area contributed by atoms with Crippen LogP contribution in [0.3, 0.4) is 0 Å². The Bertz CT molecular complexity index is 1100. The zero-order valence-corrected chi connectivity index (χ0v) is 18.5. The summed E-state index contributed by atoms with van der Waals surface area (Å²) >= 11 is 10.8. The summed E-state index contributed by atoms with van der Waals surface area (Å²) in [4.78, 5) is 24.2. The molecule has 2 amide bonds. The molecule has 3 rings (SSSR count). The highest BCUT2D eigenvalue weighted by atomic mass is 35.5. The van der Waals surface area contributed by atoms with E-state index in [1.807, 2.05) is 30.3 Å². The molecule has 0 atom stereocenters. The zero-order chi connectivity index (χ0) is 22.8. The van der Waals surface area contributed by atoms with Crippen molar-refractivity contribution in [3.05, 3.63) is 107 Å². The van der Waals surface area contributed by atoms with Crippen LogP contribution < -0.4 is 20.9 Å². The molecular weight excluding hydrogens is 446 g/mol. The molecule has 0 fully saturated rings. The van der Waals surface area contributed by atoms with Crippen molar-refractivity contribution in [2.45, 2.75) is 6.61 Å². The number of benzene rings is 3. The summed E-state index contributed by atoms with van der Waals surface area (Å²) in [5.74, 6) is -0.201. The van der Waals surface area contributed by atoms with Crippen molar-refractivity contribution < 1.29 is 14.3 Å². The molecule has 3 aromatic carbocycles. The number of amides is 2. The highest BCUT2D eigenvalue weighted by Gasteiger charge is 2.07. The number of carbonyl (C=O) groups is 2. The van der Waals surface area contributed by atoms with E-state index >= 15 is 0 Å². The highest BCUT2D eigenvalue weighted by Crippen LogP contribution is 2.14. The summed E-state index contributed by atoms with van der Waals surface area (Å²) in [6, 6.07) is 23.5. The van der Waals surface area contributed by atoms with Gasteiger partial charge in [0, 0.05) is 16.7 Å². The molecular formula is C24H20ClN3O3S. The van der Waals surface area contributed by atoms with Gasteiger partial charge in [-0.05, 0) is 65.8 Å². The summed E-state index contributed by atoms with van der Waals surface area (Å²) in [6.07, 6.45) is 2.95. The van der Waals surface area contributed by atoms with Crippen molar-refractivity contribution in [1.29, 1.82) is 0 Å². The quantitative estimate of drug-likeness (QED) is 0.288. The first-order chi connectivity index (χ1) is 15.5. The van der Waals surface area contributed by atoms with Gasteiger partial charge in [0.1, 0.15) is 12.4 Å². The van der Waals surface area contributed by atoms with E-state index in [9.17, 15) is 9.59 Å². The smallest absolute Gasteiger partial charge is 0.269 e. The molecule has 0 heterocycles. The van der Waals surface area contributed by atoms with Gasteiger partial charge in [-0.1, -0.05) is 54.1 Å². The van der Waals surface area contributed by atoms with Gasteiger partial charge in [-0.15, -0.1) is 0 Å². The fourth-order valence-corrected chi connectivity index (χ4v) is 2.84. The van der Waals surface area contributed by atoms with Gasteiger partial charge in [0.25, 0.3) is 5.91 Å². The third kappa shape index (κ3) is 7.54. The SMILES string of the molecule is O=C(/C=C/c1ccc(Cl)cc1)NC(=S)NNC(=O)c1ccc(OCc2ccccc2)cc1. The monoisotopic (exact) mass is 465 g/mol. The molecule has 0 aliphatic carbocycles. The Kier molecular flexibility index (Phi) is 8.36. The summed E-state index contributed by atoms with van der Waals surface area (Å²) < 4.78 is 5.70. The molecule has 0 unspecified atom stereocenters. The van der Waals surface area contributed by atoms with E-state index < -0.39 is 11.8 Å². The molecule has 3 aromatic rings. The topological polar surface area (TPSA) is 79.5 Å². The molecule has 0 aliphatic heterocycles. The third-order valence-corrected chi connectivity index (χ3v) is 4.64. The number of rotatable bonds is 6. The van der Waals surface area contributed by atoms with Gasteiger partial charge < -0.3 is 4.74 Å². The van der Waals surface area contributed by atoms with Crippen molar-refractivity contribution >= 4 is 46.8 Å². The first kappa shape index (κ1) is 23.0. The van der Waals surface area contributed by atoms with Crippen molar-refractivity contribution in [3.63, 3.8) is 0 Å². The largest absolute Gasteiger partial charge is 0.489 e. The minimum absolute atomic E-state index is 0.0353. The lowest BCUT2D eigenvalue weighted by atomic mass is 10.2. The predicted molar refractivity (Wildman–Crippen MR) is 129 cm³/mol. The third-order valence-electron chi connectivity index (χ3n) is 4.19. The van der Waals surface area contributed by atoms with Gasteiger partial charge in [-0.25, -0.2) is 0 Å². The van der Waals surface area contributed by atoms with E-state index in [4.69, 9.17) is 28.6 Å². The van der Waals surface area contributed by atoms with Crippen LogP contribution in [-0.4, -0.2) is 16.9 Å². The fraction of sp³-hybridized carbons (Fsp3) is 0.0417. The molecule has 0 aromatic heterocycles. The molecule has 0 saturated carbocycles. The lowest BCUT2D eigenvalue weighted by molar-refractivity contribution is -0.115. The van der Waals surface area contributed by atoms with Crippen LogP contribution in [0.2, 0.25) is 5.02 Å². The molecule has 0 aliphatic rings. The number of halogens is 1. The Balaban J connectivity index is 1.41. The maximum absolute atomic E-state index is 12.3. The van der Waals surface area contributed by atoms with E-state index in [-0.39, 0.29) is 5.11 Å². The lowest BCUT2D eigenvalue weighted by Crippen LogP contribution is -2.48. The molecule has 6 nitrogen and oxygen atoms in total. The second-order valence-electron chi connectivity index (χ2n) is 6.58. The number of hydrazine groups is 1. The van der Waals surface area contributed by atoms with Gasteiger partial charge in [0.05, 0.1) is 0 Å². The maximum Gasteiger partial charge on any atom is 0.269 e. The summed E-state index contributed by atoms with van der Waals surface area (Å²) in [7, 11) is 0. The van der Waals surface area contributed by atoms with Crippen LogP contribution in [-0.2, 0) is 11.4 Å². The Morgan fingerprint density at radius 1 is 0.906 bits per heavy atom. The molecule has 0 spiro atoms. The van der Waals surface area contributed by atoms with Gasteiger partial charge in [0.2, 0.25) is 5.91 Å². The Labute approximate surface area is 196 Å². The fourth-order valence-electron chi connectivity index (χ4n) is 2.56. The normalized spacial score (nSPS) is 10.4. The number of carbonyl (C=O) groups excluding carboxylic acids is 2. The van der Waals surface area contributed by atoms with E-state index in [0.717, 1.165) is 11.1 Å². The molecule has 32 heavy (non-hydrogen) atoms. The Hall–Kier alpha value is -3.68. The summed E-state index contributed by atoms with van der Waals surface area (Å²) in [6.45, 7) is 0.439. The molecule has 3 N–H and O–H groups in total. The lowest BCUT2D eigenvalue weighted by Gasteiger charge is -2.10. The van der Waals surface area contributed by atoms with Gasteiger partial charge in [-0.2, -0.15) is 0 Å². The maximum atomic E-state index is 12.3. The van der Waals surface area contributed by atoms with Crippen LogP contribution in [0.4, 0.5) is 0 Å². The van der Waals surface area contributed by atoms with Crippen molar-refractivity contribution in [1.82, 2.24) is 16.2 Å². The number of ether oxygens (including phenoxy) is 1. The highest BCUT2D eigenvalue weighted by molar-refractivity contribution is 7.80. The number of hydrogen-bond donors (Lipinski definition) is 3. The Morgan fingerprint density at radius 3 is 2.28 bits per heavy atom. The van der Waals surface area contributed by atoms with Crippen molar-refractivity contribution in [2.24, 2.45) is 0 Å². The summed E-state index contributed by atoms with van der Waals surface area (Å²) in [5, 5.41) is 3.02. The average molecular weight is 466 g/mol. The average Bonchev–Trinajstić information content (AvgIpc) is 2.82. The standard InChI is InChI=1S/C24H20ClN3O3S/c25-20-11-6-17(7-12-20)8-15-22(29)26-24(32)28-27-23(30)19-9-13-21(14-10-19)31-16-18-4-2-1-3-5-18/h1-15H,16H2,(H,27,30)(H2,26,28,29,32)/b15-8+. The van der Waals surface area contributed by atoms with E-state index in [0.29, 0.717) is 22.9 Å². The molecule has 0 bridgehead atoms. The van der Waals surface area contributed by atoms with Crippen molar-refractivity contribution in [2.75, 3.05) is 0 Å². The van der Waals surface area contributed by atoms with Crippen LogP contribution in [0.5, 0.6) is 5.75 Å². The van der Waals surface area contributed by atoms with E-state index in [1.165, 1.54) is 6.08 Å². The summed E-state index contributed by atoms with van der Waals surface area (Å²) in [5.41, 5.74) is 7.20. The second-order valence-corrected chi connectivity index (χ2v) is 7.43. The first-order valence-electron chi connectivity index (χ1n) is 9.61. The van der Waals surface area contributed by atoms with Gasteiger partial charge in [-0.3, -0.25) is 25.8 Å². The molecule has 0 saturated heterocycles. The predicted octanol–water partition coefficient (Wildman–Crippen LogP) is 4.27. The van der Waals surface area contributed by atoms with Crippen LogP contribution in [0.25, 0.3) is 6.08 Å². The number of nitrogens with one attached hydrogen (secondary N) is 3. The number of hydrogen-bond acceptors (Lipinski definition) is 4. The molecule has 0 radical (unpaired) electrons. The second kappa shape index (κ2) is 11.6. The minimum atomic E-state index is -0.438. The molecule has 162 valence electrons. The van der Waals surface area contributed by atoms with E-state index in [1.54, 1.807) is 54.6 Å². The Morgan fingerprint density at radius 2 is 1.59 bits per heavy atom.